The maximum Gasteiger partial charge on any atom is 0.123 e. The highest BCUT2D eigenvalue weighted by Crippen LogP contribution is 2.30. The van der Waals surface area contributed by atoms with Gasteiger partial charge < -0.3 is 10.4 Å². The first kappa shape index (κ1) is 17.7. The third-order valence-electron chi connectivity index (χ3n) is 4.68. The van der Waals surface area contributed by atoms with Crippen molar-refractivity contribution in [3.63, 3.8) is 0 Å². The molecule has 22 heavy (non-hydrogen) atoms. The summed E-state index contributed by atoms with van der Waals surface area (Å²) in [7, 11) is 0. The van der Waals surface area contributed by atoms with Crippen LogP contribution in [0.25, 0.3) is 0 Å². The summed E-state index contributed by atoms with van der Waals surface area (Å²) in [6, 6.07) is 6.88. The zero-order valence-corrected chi connectivity index (χ0v) is 13.7. The summed E-state index contributed by atoms with van der Waals surface area (Å²) in [5, 5.41) is 13.8. The van der Waals surface area contributed by atoms with Crippen molar-refractivity contribution >= 4 is 12.4 Å². The minimum Gasteiger partial charge on any atom is -0.387 e. The van der Waals surface area contributed by atoms with Crippen LogP contribution in [0.1, 0.15) is 37.4 Å². The normalized spacial score (nSPS) is 20.7. The topological polar surface area (TPSA) is 35.5 Å². The van der Waals surface area contributed by atoms with Gasteiger partial charge in [-0.15, -0.1) is 12.4 Å². The summed E-state index contributed by atoms with van der Waals surface area (Å²) >= 11 is 0. The average molecular weight is 329 g/mol. The Balaban J connectivity index is 0.00000176. The molecular formula is C17H26ClFN2O. The zero-order chi connectivity index (χ0) is 14.7. The van der Waals surface area contributed by atoms with Gasteiger partial charge in [0, 0.05) is 19.1 Å². The lowest BCUT2D eigenvalue weighted by molar-refractivity contribution is 0.0934. The van der Waals surface area contributed by atoms with E-state index in [0.29, 0.717) is 12.6 Å². The fourth-order valence-corrected chi connectivity index (χ4v) is 3.22. The van der Waals surface area contributed by atoms with Crippen LogP contribution in [0.3, 0.4) is 0 Å². The van der Waals surface area contributed by atoms with Crippen molar-refractivity contribution in [1.29, 1.82) is 0 Å². The SMILES string of the molecule is Cl.OC(CN(CC1CCNCC1)C1CC1)c1ccc(F)cc1. The van der Waals surface area contributed by atoms with E-state index in [1.165, 1.54) is 37.8 Å². The highest BCUT2D eigenvalue weighted by Gasteiger charge is 2.32. The molecule has 1 atom stereocenters. The van der Waals surface area contributed by atoms with Crippen LogP contribution in [0.2, 0.25) is 0 Å². The number of aliphatic hydroxyl groups is 1. The lowest BCUT2D eigenvalue weighted by Gasteiger charge is -2.31. The van der Waals surface area contributed by atoms with Gasteiger partial charge in [0.15, 0.2) is 0 Å². The summed E-state index contributed by atoms with van der Waals surface area (Å²) in [6.07, 6.45) is 4.45. The molecule has 5 heteroatoms. The van der Waals surface area contributed by atoms with Gasteiger partial charge in [-0.05, 0) is 62.4 Å². The molecule has 1 unspecified atom stereocenters. The van der Waals surface area contributed by atoms with E-state index in [4.69, 9.17) is 0 Å². The molecule has 0 bridgehead atoms. The largest absolute Gasteiger partial charge is 0.387 e. The van der Waals surface area contributed by atoms with Gasteiger partial charge in [-0.2, -0.15) is 0 Å². The van der Waals surface area contributed by atoms with E-state index < -0.39 is 6.10 Å². The lowest BCUT2D eigenvalue weighted by atomic mass is 9.97. The van der Waals surface area contributed by atoms with Crippen LogP contribution in [0.4, 0.5) is 4.39 Å². The van der Waals surface area contributed by atoms with Crippen LogP contribution in [0.5, 0.6) is 0 Å². The molecule has 0 aromatic heterocycles. The number of nitrogens with zero attached hydrogens (tertiary/aromatic N) is 1. The van der Waals surface area contributed by atoms with Crippen LogP contribution in [0.15, 0.2) is 24.3 Å². The molecule has 1 saturated carbocycles. The van der Waals surface area contributed by atoms with Crippen molar-refractivity contribution < 1.29 is 9.50 Å². The van der Waals surface area contributed by atoms with Crippen LogP contribution in [0, 0.1) is 11.7 Å². The van der Waals surface area contributed by atoms with E-state index in [0.717, 1.165) is 31.1 Å². The molecular weight excluding hydrogens is 303 g/mol. The Kier molecular flexibility index (Phi) is 6.63. The van der Waals surface area contributed by atoms with Gasteiger partial charge in [-0.3, -0.25) is 4.90 Å². The Bertz CT molecular complexity index is 446. The van der Waals surface area contributed by atoms with Crippen LogP contribution in [-0.2, 0) is 0 Å². The zero-order valence-electron chi connectivity index (χ0n) is 12.9. The number of rotatable bonds is 6. The second-order valence-electron chi connectivity index (χ2n) is 6.45. The smallest absolute Gasteiger partial charge is 0.123 e. The molecule has 1 aliphatic carbocycles. The van der Waals surface area contributed by atoms with Crippen molar-refractivity contribution in [1.82, 2.24) is 10.2 Å². The number of nitrogens with one attached hydrogen (secondary N) is 1. The van der Waals surface area contributed by atoms with E-state index in [1.807, 2.05) is 0 Å². The summed E-state index contributed by atoms with van der Waals surface area (Å²) in [4.78, 5) is 2.45. The standard InChI is InChI=1S/C17H25FN2O.ClH/c18-15-3-1-14(2-4-15)17(21)12-20(16-5-6-16)11-13-7-9-19-10-8-13;/h1-4,13,16-17,19,21H,5-12H2;1H. The van der Waals surface area contributed by atoms with Crippen molar-refractivity contribution in [3.05, 3.63) is 35.6 Å². The fraction of sp³-hybridized carbons (Fsp3) is 0.647. The van der Waals surface area contributed by atoms with Gasteiger partial charge in [0.1, 0.15) is 5.82 Å². The molecule has 0 amide bonds. The first-order valence-corrected chi connectivity index (χ1v) is 8.10. The van der Waals surface area contributed by atoms with Crippen LogP contribution in [-0.4, -0.2) is 42.2 Å². The summed E-state index contributed by atoms with van der Waals surface area (Å²) in [5.41, 5.74) is 0.812. The molecule has 2 aliphatic rings. The predicted molar refractivity (Wildman–Crippen MR) is 88.8 cm³/mol. The Morgan fingerprint density at radius 2 is 1.77 bits per heavy atom. The Labute approximate surface area is 138 Å². The second-order valence-corrected chi connectivity index (χ2v) is 6.45. The van der Waals surface area contributed by atoms with Crippen molar-refractivity contribution in [2.75, 3.05) is 26.2 Å². The molecule has 2 fully saturated rings. The molecule has 1 saturated heterocycles. The van der Waals surface area contributed by atoms with E-state index in [-0.39, 0.29) is 18.2 Å². The molecule has 3 nitrogen and oxygen atoms in total. The first-order valence-electron chi connectivity index (χ1n) is 8.10. The summed E-state index contributed by atoms with van der Waals surface area (Å²) in [5.74, 6) is 0.493. The third kappa shape index (κ3) is 4.92. The van der Waals surface area contributed by atoms with Crippen LogP contribution < -0.4 is 5.32 Å². The molecule has 0 spiro atoms. The number of hydrogen-bond acceptors (Lipinski definition) is 3. The minimum absolute atomic E-state index is 0. The van der Waals surface area contributed by atoms with Gasteiger partial charge >= 0.3 is 0 Å². The molecule has 1 aromatic rings. The van der Waals surface area contributed by atoms with E-state index >= 15 is 0 Å². The fourth-order valence-electron chi connectivity index (χ4n) is 3.22. The number of benzene rings is 1. The number of piperidine rings is 1. The Hall–Kier alpha value is -0.680. The van der Waals surface area contributed by atoms with Gasteiger partial charge in [0.2, 0.25) is 0 Å². The number of halogens is 2. The molecule has 2 N–H and O–H groups in total. The van der Waals surface area contributed by atoms with Gasteiger partial charge in [0.25, 0.3) is 0 Å². The Morgan fingerprint density at radius 3 is 2.36 bits per heavy atom. The van der Waals surface area contributed by atoms with Crippen LogP contribution >= 0.6 is 12.4 Å². The van der Waals surface area contributed by atoms with Gasteiger partial charge in [0.05, 0.1) is 6.10 Å². The predicted octanol–water partition coefficient (Wildman–Crippen LogP) is 2.74. The quantitative estimate of drug-likeness (QED) is 0.843. The molecule has 3 rings (SSSR count). The highest BCUT2D eigenvalue weighted by atomic mass is 35.5. The van der Waals surface area contributed by atoms with Crippen molar-refractivity contribution in [3.8, 4) is 0 Å². The molecule has 0 radical (unpaired) electrons. The lowest BCUT2D eigenvalue weighted by Crippen LogP contribution is -2.39. The van der Waals surface area contributed by atoms with E-state index in [1.54, 1.807) is 12.1 Å². The average Bonchev–Trinajstić information content (AvgIpc) is 3.33. The first-order chi connectivity index (χ1) is 10.2. The van der Waals surface area contributed by atoms with Gasteiger partial charge in [-0.25, -0.2) is 4.39 Å². The van der Waals surface area contributed by atoms with E-state index in [9.17, 15) is 9.50 Å². The van der Waals surface area contributed by atoms with Crippen molar-refractivity contribution in [2.24, 2.45) is 5.92 Å². The number of aliphatic hydroxyl groups excluding tert-OH is 1. The maximum atomic E-state index is 13.0. The maximum absolute atomic E-state index is 13.0. The summed E-state index contributed by atoms with van der Waals surface area (Å²) < 4.78 is 13.0. The van der Waals surface area contributed by atoms with E-state index in [2.05, 4.69) is 10.2 Å². The monoisotopic (exact) mass is 328 g/mol. The molecule has 1 aromatic carbocycles. The summed E-state index contributed by atoms with van der Waals surface area (Å²) in [6.45, 7) is 3.98. The number of hydrogen-bond donors (Lipinski definition) is 2. The Morgan fingerprint density at radius 1 is 1.14 bits per heavy atom. The third-order valence-corrected chi connectivity index (χ3v) is 4.68. The molecule has 1 aliphatic heterocycles. The molecule has 1 heterocycles. The molecule has 124 valence electrons. The minimum atomic E-state index is -0.520. The van der Waals surface area contributed by atoms with Gasteiger partial charge in [-0.1, -0.05) is 12.1 Å². The highest BCUT2D eigenvalue weighted by molar-refractivity contribution is 5.85. The second kappa shape index (κ2) is 8.25. The van der Waals surface area contributed by atoms with Crippen molar-refractivity contribution in [2.45, 2.75) is 37.8 Å².